The van der Waals surface area contributed by atoms with Gasteiger partial charge in [0.05, 0.1) is 50.2 Å². The van der Waals surface area contributed by atoms with E-state index in [1.807, 2.05) is 12.1 Å². The predicted molar refractivity (Wildman–Crippen MR) is 269 cm³/mol. The standard InChI is InChI=1S/C60H36N4/c1-2-15-39-35-57-51(34-38(39)14-1)49-32-30-42(63-54-24-9-5-17-47(54)48-18-6-10-25-55(48)63)36-58(49)64(57)56-26-12-19-45-46(56)20-11-21-50(45)60-59(61-52-22-7-8-23-53(52)62-60)41-29-31-44-40(33-41)28-27-37-13-3-4-16-43(37)44/h1-36H. The molecule has 0 fully saturated rings. The second-order valence-corrected chi connectivity index (χ2v) is 16.9. The summed E-state index contributed by atoms with van der Waals surface area (Å²) in [7, 11) is 0. The number of para-hydroxylation sites is 4. The first kappa shape index (κ1) is 35.0. The van der Waals surface area contributed by atoms with E-state index < -0.39 is 0 Å². The van der Waals surface area contributed by atoms with Gasteiger partial charge in [0.15, 0.2) is 0 Å². The van der Waals surface area contributed by atoms with E-state index in [0.717, 1.165) is 61.2 Å². The highest BCUT2D eigenvalue weighted by atomic mass is 15.0. The summed E-state index contributed by atoms with van der Waals surface area (Å²) < 4.78 is 4.90. The molecular formula is C60H36N4. The Hall–Kier alpha value is -8.60. The van der Waals surface area contributed by atoms with Crippen LogP contribution in [0.2, 0.25) is 0 Å². The summed E-state index contributed by atoms with van der Waals surface area (Å²) in [4.78, 5) is 10.8. The van der Waals surface area contributed by atoms with Crippen LogP contribution in [-0.4, -0.2) is 19.1 Å². The molecule has 0 bridgehead atoms. The van der Waals surface area contributed by atoms with Crippen molar-refractivity contribution in [3.05, 3.63) is 218 Å². The van der Waals surface area contributed by atoms with E-state index in [1.54, 1.807) is 0 Å². The number of rotatable bonds is 4. The van der Waals surface area contributed by atoms with Crippen molar-refractivity contribution in [1.29, 1.82) is 0 Å². The molecule has 0 radical (unpaired) electrons. The van der Waals surface area contributed by atoms with Gasteiger partial charge in [0.25, 0.3) is 0 Å². The molecule has 0 atom stereocenters. The predicted octanol–water partition coefficient (Wildman–Crippen LogP) is 15.8. The molecule has 3 aromatic heterocycles. The van der Waals surface area contributed by atoms with Gasteiger partial charge in [0.2, 0.25) is 0 Å². The van der Waals surface area contributed by atoms with Crippen LogP contribution in [-0.2, 0) is 0 Å². The van der Waals surface area contributed by atoms with Crippen molar-refractivity contribution in [3.63, 3.8) is 0 Å². The van der Waals surface area contributed by atoms with E-state index in [4.69, 9.17) is 9.97 Å². The zero-order valence-corrected chi connectivity index (χ0v) is 34.6. The maximum absolute atomic E-state index is 5.45. The molecule has 14 rings (SSSR count). The van der Waals surface area contributed by atoms with Crippen LogP contribution in [0.3, 0.4) is 0 Å². The van der Waals surface area contributed by atoms with E-state index >= 15 is 0 Å². The van der Waals surface area contributed by atoms with E-state index in [0.29, 0.717) is 0 Å². The topological polar surface area (TPSA) is 35.6 Å². The number of fused-ring (bicyclic) bond motifs is 12. The molecule has 296 valence electrons. The van der Waals surface area contributed by atoms with E-state index in [2.05, 4.69) is 215 Å². The molecule has 0 saturated carbocycles. The van der Waals surface area contributed by atoms with Crippen molar-refractivity contribution >= 4 is 97.7 Å². The van der Waals surface area contributed by atoms with Crippen LogP contribution < -0.4 is 0 Å². The molecule has 3 heterocycles. The number of nitrogens with zero attached hydrogens (tertiary/aromatic N) is 4. The van der Waals surface area contributed by atoms with Gasteiger partial charge in [0, 0.05) is 43.7 Å². The maximum atomic E-state index is 5.45. The highest BCUT2D eigenvalue weighted by molar-refractivity contribution is 6.16. The average molecular weight is 813 g/mol. The first-order valence-electron chi connectivity index (χ1n) is 21.9. The van der Waals surface area contributed by atoms with Gasteiger partial charge >= 0.3 is 0 Å². The van der Waals surface area contributed by atoms with E-state index in [1.165, 1.54) is 70.4 Å². The zero-order valence-electron chi connectivity index (χ0n) is 34.6. The molecule has 0 saturated heterocycles. The Morgan fingerprint density at radius 1 is 0.281 bits per heavy atom. The van der Waals surface area contributed by atoms with Gasteiger partial charge in [-0.2, -0.15) is 0 Å². The van der Waals surface area contributed by atoms with Crippen molar-refractivity contribution in [3.8, 4) is 33.9 Å². The van der Waals surface area contributed by atoms with Crippen LogP contribution >= 0.6 is 0 Å². The van der Waals surface area contributed by atoms with E-state index in [-0.39, 0.29) is 0 Å². The minimum absolute atomic E-state index is 0.864. The third-order valence-electron chi connectivity index (χ3n) is 13.4. The lowest BCUT2D eigenvalue weighted by atomic mass is 9.95. The summed E-state index contributed by atoms with van der Waals surface area (Å²) in [5.74, 6) is 0. The van der Waals surface area contributed by atoms with Crippen LogP contribution in [0.1, 0.15) is 0 Å². The van der Waals surface area contributed by atoms with Crippen LogP contribution in [0, 0.1) is 0 Å². The normalized spacial score (nSPS) is 12.1. The quantitative estimate of drug-likeness (QED) is 0.166. The van der Waals surface area contributed by atoms with Crippen molar-refractivity contribution in [2.75, 3.05) is 0 Å². The molecule has 0 aliphatic heterocycles. The Labute approximate surface area is 367 Å². The molecule has 0 aliphatic carbocycles. The van der Waals surface area contributed by atoms with Crippen LogP contribution in [0.25, 0.3) is 132 Å². The minimum Gasteiger partial charge on any atom is -0.309 e. The molecule has 0 aliphatic rings. The van der Waals surface area contributed by atoms with Crippen LogP contribution in [0.15, 0.2) is 218 Å². The molecule has 4 heteroatoms. The summed E-state index contributed by atoms with van der Waals surface area (Å²) in [6, 6.07) is 79.2. The summed E-state index contributed by atoms with van der Waals surface area (Å²) in [5, 5.41) is 14.5. The minimum atomic E-state index is 0.864. The fraction of sp³-hybridized carbons (Fsp3) is 0. The van der Waals surface area contributed by atoms with Gasteiger partial charge in [-0.1, -0.05) is 158 Å². The second-order valence-electron chi connectivity index (χ2n) is 16.9. The molecule has 64 heavy (non-hydrogen) atoms. The monoisotopic (exact) mass is 812 g/mol. The summed E-state index contributed by atoms with van der Waals surface area (Å²) in [5.41, 5.74) is 12.5. The van der Waals surface area contributed by atoms with Gasteiger partial charge < -0.3 is 9.13 Å². The Bertz CT molecular complexity index is 4210. The zero-order chi connectivity index (χ0) is 41.9. The molecule has 11 aromatic carbocycles. The largest absolute Gasteiger partial charge is 0.309 e. The van der Waals surface area contributed by atoms with Crippen LogP contribution in [0.5, 0.6) is 0 Å². The number of hydrogen-bond acceptors (Lipinski definition) is 2. The number of aromatic nitrogens is 4. The third kappa shape index (κ3) is 5.11. The van der Waals surface area contributed by atoms with Crippen molar-refractivity contribution in [2.24, 2.45) is 0 Å². The van der Waals surface area contributed by atoms with Gasteiger partial charge in [-0.15, -0.1) is 0 Å². The Balaban J connectivity index is 1.03. The Morgan fingerprint density at radius 2 is 0.844 bits per heavy atom. The number of hydrogen-bond donors (Lipinski definition) is 0. The van der Waals surface area contributed by atoms with E-state index in [9.17, 15) is 0 Å². The average Bonchev–Trinajstić information content (AvgIpc) is 3.86. The summed E-state index contributed by atoms with van der Waals surface area (Å²) in [6.07, 6.45) is 0. The molecule has 0 unspecified atom stereocenters. The molecule has 4 nitrogen and oxygen atoms in total. The first-order valence-corrected chi connectivity index (χ1v) is 21.9. The molecule has 14 aromatic rings. The highest BCUT2D eigenvalue weighted by Gasteiger charge is 2.21. The maximum Gasteiger partial charge on any atom is 0.0979 e. The Kier molecular flexibility index (Phi) is 7.36. The van der Waals surface area contributed by atoms with Gasteiger partial charge in [-0.3, -0.25) is 0 Å². The van der Waals surface area contributed by atoms with Gasteiger partial charge in [-0.05, 0) is 98.4 Å². The smallest absolute Gasteiger partial charge is 0.0979 e. The Morgan fingerprint density at radius 3 is 1.64 bits per heavy atom. The lowest BCUT2D eigenvalue weighted by Crippen LogP contribution is -1.99. The van der Waals surface area contributed by atoms with Gasteiger partial charge in [0.1, 0.15) is 0 Å². The molecule has 0 amide bonds. The second kappa shape index (κ2) is 13.4. The molecule has 0 N–H and O–H groups in total. The highest BCUT2D eigenvalue weighted by Crippen LogP contribution is 2.42. The summed E-state index contributed by atoms with van der Waals surface area (Å²) >= 11 is 0. The van der Waals surface area contributed by atoms with Crippen molar-refractivity contribution < 1.29 is 0 Å². The number of benzene rings is 11. The SMILES string of the molecule is c1ccc2cc3c(cc2c1)c1ccc(-n2c4ccccc4c4ccccc42)cc1n3-c1cccc2c(-c3nc4ccccc4nc3-c3ccc4c(ccc5ccccc54)c3)cccc12. The fourth-order valence-corrected chi connectivity index (χ4v) is 10.5. The first-order chi connectivity index (χ1) is 31.7. The fourth-order valence-electron chi connectivity index (χ4n) is 10.5. The summed E-state index contributed by atoms with van der Waals surface area (Å²) in [6.45, 7) is 0. The lowest BCUT2D eigenvalue weighted by molar-refractivity contribution is 1.16. The van der Waals surface area contributed by atoms with Gasteiger partial charge in [-0.25, -0.2) is 9.97 Å². The molecular weight excluding hydrogens is 777 g/mol. The third-order valence-corrected chi connectivity index (χ3v) is 13.4. The lowest BCUT2D eigenvalue weighted by Gasteiger charge is -2.16. The van der Waals surface area contributed by atoms with Crippen molar-refractivity contribution in [2.45, 2.75) is 0 Å². The van der Waals surface area contributed by atoms with Crippen molar-refractivity contribution in [1.82, 2.24) is 19.1 Å². The van der Waals surface area contributed by atoms with Crippen LogP contribution in [0.4, 0.5) is 0 Å². The molecule has 0 spiro atoms.